The molecule has 8 nitrogen and oxygen atoms in total. The average molecular weight is 362 g/mol. The lowest BCUT2D eigenvalue weighted by Crippen LogP contribution is -2.04. The summed E-state index contributed by atoms with van der Waals surface area (Å²) in [6.07, 6.45) is 0.991. The van der Waals surface area contributed by atoms with Crippen molar-refractivity contribution in [3.8, 4) is 28.5 Å². The van der Waals surface area contributed by atoms with Gasteiger partial charge in [0.1, 0.15) is 12.3 Å². The van der Waals surface area contributed by atoms with Gasteiger partial charge >= 0.3 is 0 Å². The Morgan fingerprint density at radius 1 is 1.04 bits per heavy atom. The van der Waals surface area contributed by atoms with Crippen LogP contribution in [0, 0.1) is 0 Å². The van der Waals surface area contributed by atoms with Crippen molar-refractivity contribution in [3.05, 3.63) is 60.0 Å². The van der Waals surface area contributed by atoms with E-state index in [0.29, 0.717) is 17.5 Å². The molecule has 0 N–H and O–H groups in total. The fourth-order valence-electron chi connectivity index (χ4n) is 2.63. The van der Waals surface area contributed by atoms with Crippen LogP contribution in [0.15, 0.2) is 53.1 Å². The van der Waals surface area contributed by atoms with Crippen LogP contribution >= 0.6 is 0 Å². The number of aromatic nitrogens is 6. The van der Waals surface area contributed by atoms with E-state index in [0.717, 1.165) is 23.3 Å². The van der Waals surface area contributed by atoms with Crippen LogP contribution in [0.4, 0.5) is 0 Å². The maximum absolute atomic E-state index is 5.32. The smallest absolute Gasteiger partial charge is 0.250 e. The van der Waals surface area contributed by atoms with Crippen molar-refractivity contribution < 1.29 is 9.26 Å². The first-order valence-corrected chi connectivity index (χ1v) is 8.59. The highest BCUT2D eigenvalue weighted by Crippen LogP contribution is 2.20. The van der Waals surface area contributed by atoms with Crippen molar-refractivity contribution in [1.29, 1.82) is 0 Å². The largest absolute Gasteiger partial charge is 0.497 e. The third-order valence-corrected chi connectivity index (χ3v) is 4.15. The van der Waals surface area contributed by atoms with Crippen LogP contribution in [0.2, 0.25) is 0 Å². The summed E-state index contributed by atoms with van der Waals surface area (Å²) >= 11 is 0. The lowest BCUT2D eigenvalue weighted by atomic mass is 10.1. The molecule has 4 rings (SSSR count). The minimum absolute atomic E-state index is 0.247. The molecule has 136 valence electrons. The standard InChI is InChI=1S/C19H18N6O2/c1-3-13-7-9-14(10-8-13)18-20-17(27-23-18)12-25-22-19(21-24-25)15-5-4-6-16(11-15)26-2/h4-11H,3,12H2,1-2H3. The molecule has 0 saturated carbocycles. The Balaban J connectivity index is 1.50. The van der Waals surface area contributed by atoms with E-state index < -0.39 is 0 Å². The lowest BCUT2D eigenvalue weighted by molar-refractivity contribution is 0.356. The van der Waals surface area contributed by atoms with E-state index in [1.807, 2.05) is 36.4 Å². The molecular weight excluding hydrogens is 344 g/mol. The van der Waals surface area contributed by atoms with Crippen LogP contribution < -0.4 is 4.74 Å². The molecule has 4 aromatic rings. The molecule has 0 saturated heterocycles. The Hall–Kier alpha value is -3.55. The van der Waals surface area contributed by atoms with Gasteiger partial charge < -0.3 is 9.26 Å². The summed E-state index contributed by atoms with van der Waals surface area (Å²) in [5.41, 5.74) is 2.99. The molecule has 0 aliphatic rings. The molecule has 2 aromatic carbocycles. The zero-order chi connectivity index (χ0) is 18.6. The van der Waals surface area contributed by atoms with Gasteiger partial charge in [-0.3, -0.25) is 0 Å². The summed E-state index contributed by atoms with van der Waals surface area (Å²) in [4.78, 5) is 5.84. The first kappa shape index (κ1) is 16.9. The van der Waals surface area contributed by atoms with Crippen molar-refractivity contribution in [3.63, 3.8) is 0 Å². The molecule has 27 heavy (non-hydrogen) atoms. The molecule has 0 unspecified atom stereocenters. The van der Waals surface area contributed by atoms with Crippen LogP contribution in [0.3, 0.4) is 0 Å². The number of aryl methyl sites for hydroxylation is 1. The van der Waals surface area contributed by atoms with Gasteiger partial charge in [0.15, 0.2) is 0 Å². The molecule has 8 heteroatoms. The Kier molecular flexibility index (Phi) is 4.61. The fourth-order valence-corrected chi connectivity index (χ4v) is 2.63. The van der Waals surface area contributed by atoms with E-state index in [1.165, 1.54) is 10.4 Å². The van der Waals surface area contributed by atoms with Gasteiger partial charge in [-0.15, -0.1) is 10.2 Å². The molecule has 0 radical (unpaired) electrons. The molecule has 0 bridgehead atoms. The summed E-state index contributed by atoms with van der Waals surface area (Å²) in [6.45, 7) is 2.36. The van der Waals surface area contributed by atoms with Gasteiger partial charge in [-0.25, -0.2) is 0 Å². The summed E-state index contributed by atoms with van der Waals surface area (Å²) in [6, 6.07) is 15.6. The van der Waals surface area contributed by atoms with E-state index in [9.17, 15) is 0 Å². The Bertz CT molecular complexity index is 1040. The molecule has 0 aliphatic carbocycles. The number of ether oxygens (including phenoxy) is 1. The highest BCUT2D eigenvalue weighted by molar-refractivity contribution is 5.56. The zero-order valence-electron chi connectivity index (χ0n) is 15.0. The number of nitrogens with zero attached hydrogens (tertiary/aromatic N) is 6. The minimum Gasteiger partial charge on any atom is -0.497 e. The number of tetrazole rings is 1. The first-order chi connectivity index (χ1) is 13.2. The molecule has 0 atom stereocenters. The van der Waals surface area contributed by atoms with Gasteiger partial charge in [0, 0.05) is 11.1 Å². The maximum Gasteiger partial charge on any atom is 0.250 e. The molecule has 0 fully saturated rings. The van der Waals surface area contributed by atoms with Gasteiger partial charge in [0.25, 0.3) is 5.89 Å². The second kappa shape index (κ2) is 7.36. The monoisotopic (exact) mass is 362 g/mol. The van der Waals surface area contributed by atoms with E-state index in [-0.39, 0.29) is 6.54 Å². The third kappa shape index (κ3) is 3.69. The predicted octanol–water partition coefficient (Wildman–Crippen LogP) is 3.01. The van der Waals surface area contributed by atoms with Gasteiger partial charge in [-0.2, -0.15) is 9.78 Å². The van der Waals surface area contributed by atoms with Crippen molar-refractivity contribution in [2.75, 3.05) is 7.11 Å². The van der Waals surface area contributed by atoms with Crippen LogP contribution in [-0.2, 0) is 13.0 Å². The number of hydrogen-bond acceptors (Lipinski definition) is 7. The van der Waals surface area contributed by atoms with E-state index in [1.54, 1.807) is 7.11 Å². The van der Waals surface area contributed by atoms with Crippen molar-refractivity contribution in [2.45, 2.75) is 19.9 Å². The number of hydrogen-bond donors (Lipinski definition) is 0. The van der Waals surface area contributed by atoms with Gasteiger partial charge in [-0.1, -0.05) is 48.5 Å². The normalized spacial score (nSPS) is 10.9. The molecule has 0 spiro atoms. The van der Waals surface area contributed by atoms with E-state index >= 15 is 0 Å². The topological polar surface area (TPSA) is 91.8 Å². The first-order valence-electron chi connectivity index (χ1n) is 8.59. The summed E-state index contributed by atoms with van der Waals surface area (Å²) in [5.74, 6) is 2.20. The van der Waals surface area contributed by atoms with Crippen molar-refractivity contribution in [2.24, 2.45) is 0 Å². The SMILES string of the molecule is CCc1ccc(-c2noc(Cn3nnc(-c4cccc(OC)c4)n3)n2)cc1. The third-order valence-electron chi connectivity index (χ3n) is 4.15. The highest BCUT2D eigenvalue weighted by Gasteiger charge is 2.12. The molecule has 0 aliphatic heterocycles. The van der Waals surface area contributed by atoms with Gasteiger partial charge in [0.05, 0.1) is 7.11 Å². The maximum atomic E-state index is 5.32. The molecule has 2 heterocycles. The summed E-state index contributed by atoms with van der Waals surface area (Å²) in [5, 5.41) is 16.5. The summed E-state index contributed by atoms with van der Waals surface area (Å²) < 4.78 is 10.5. The second-order valence-corrected chi connectivity index (χ2v) is 5.94. The minimum atomic E-state index is 0.247. The van der Waals surface area contributed by atoms with Crippen molar-refractivity contribution >= 4 is 0 Å². The Labute approximate surface area is 155 Å². The van der Waals surface area contributed by atoms with Crippen LogP contribution in [0.5, 0.6) is 5.75 Å². The van der Waals surface area contributed by atoms with Crippen LogP contribution in [0.25, 0.3) is 22.8 Å². The number of benzene rings is 2. The van der Waals surface area contributed by atoms with Gasteiger partial charge in [-0.05, 0) is 29.3 Å². The van der Waals surface area contributed by atoms with Crippen LogP contribution in [0.1, 0.15) is 18.4 Å². The highest BCUT2D eigenvalue weighted by atomic mass is 16.5. The van der Waals surface area contributed by atoms with Crippen LogP contribution in [-0.4, -0.2) is 37.5 Å². The quantitative estimate of drug-likeness (QED) is 0.520. The Morgan fingerprint density at radius 3 is 2.67 bits per heavy atom. The molecule has 2 aromatic heterocycles. The molecular formula is C19H18N6O2. The van der Waals surface area contributed by atoms with E-state index in [2.05, 4.69) is 44.6 Å². The van der Waals surface area contributed by atoms with Crippen molar-refractivity contribution in [1.82, 2.24) is 30.3 Å². The Morgan fingerprint density at radius 2 is 1.89 bits per heavy atom. The second-order valence-electron chi connectivity index (χ2n) is 5.94. The number of methoxy groups -OCH3 is 1. The zero-order valence-corrected chi connectivity index (χ0v) is 15.0. The predicted molar refractivity (Wildman–Crippen MR) is 98.0 cm³/mol. The average Bonchev–Trinajstić information content (AvgIpc) is 3.38. The molecule has 0 amide bonds. The fraction of sp³-hybridized carbons (Fsp3) is 0.211. The van der Waals surface area contributed by atoms with Gasteiger partial charge in [0.2, 0.25) is 11.6 Å². The lowest BCUT2D eigenvalue weighted by Gasteiger charge is -2.00. The number of rotatable bonds is 6. The van der Waals surface area contributed by atoms with E-state index in [4.69, 9.17) is 9.26 Å². The summed E-state index contributed by atoms with van der Waals surface area (Å²) in [7, 11) is 1.62.